The van der Waals surface area contributed by atoms with Gasteiger partial charge in [-0.15, -0.1) is 0 Å². The monoisotopic (exact) mass is 339 g/mol. The lowest BCUT2D eigenvalue weighted by molar-refractivity contribution is -0.605. The van der Waals surface area contributed by atoms with Crippen LogP contribution in [0, 0.1) is 5.21 Å². The largest absolute Gasteiger partial charge is 0.619 e. The van der Waals surface area contributed by atoms with E-state index in [-0.39, 0.29) is 18.0 Å². The predicted molar refractivity (Wildman–Crippen MR) is 92.3 cm³/mol. The summed E-state index contributed by atoms with van der Waals surface area (Å²) in [5.74, 6) is -0.260. The molecule has 1 aromatic carbocycles. The zero-order valence-electron chi connectivity index (χ0n) is 14.0. The van der Waals surface area contributed by atoms with Gasteiger partial charge in [-0.3, -0.25) is 4.79 Å². The van der Waals surface area contributed by atoms with Gasteiger partial charge in [0, 0.05) is 17.7 Å². The van der Waals surface area contributed by atoms with Crippen molar-refractivity contribution < 1.29 is 19.1 Å². The molecule has 130 valence electrons. The Kier molecular flexibility index (Phi) is 5.43. The second-order valence-electron chi connectivity index (χ2n) is 6.40. The van der Waals surface area contributed by atoms with Crippen LogP contribution in [0.3, 0.4) is 0 Å². The van der Waals surface area contributed by atoms with Crippen molar-refractivity contribution in [2.24, 2.45) is 0 Å². The molecule has 0 radical (unpaired) electrons. The molecule has 0 saturated heterocycles. The molecule has 0 aliphatic heterocycles. The Balaban J connectivity index is 1.55. The first-order valence-electron chi connectivity index (χ1n) is 8.62. The molecule has 1 saturated carbocycles. The van der Waals surface area contributed by atoms with Gasteiger partial charge >= 0.3 is 5.97 Å². The highest BCUT2D eigenvalue weighted by Gasteiger charge is 2.17. The van der Waals surface area contributed by atoms with Crippen molar-refractivity contribution in [3.63, 3.8) is 0 Å². The van der Waals surface area contributed by atoms with Gasteiger partial charge in [0.15, 0.2) is 24.8 Å². The molecular formula is C20H21NO4. The van der Waals surface area contributed by atoms with Crippen LogP contribution in [0.15, 0.2) is 48.8 Å². The van der Waals surface area contributed by atoms with Crippen LogP contribution in [0.1, 0.15) is 64.3 Å². The van der Waals surface area contributed by atoms with Crippen molar-refractivity contribution in [3.8, 4) is 0 Å². The van der Waals surface area contributed by atoms with E-state index in [4.69, 9.17) is 4.74 Å². The normalized spacial score (nSPS) is 14.9. The molecule has 1 fully saturated rings. The van der Waals surface area contributed by atoms with Crippen molar-refractivity contribution in [1.29, 1.82) is 0 Å². The smallest absolute Gasteiger partial charge is 0.339 e. The Bertz CT molecular complexity index is 731. The summed E-state index contributed by atoms with van der Waals surface area (Å²) in [5.41, 5.74) is 2.06. The Labute approximate surface area is 146 Å². The van der Waals surface area contributed by atoms with E-state index in [1.165, 1.54) is 62.2 Å². The Morgan fingerprint density at radius 3 is 2.24 bits per heavy atom. The number of hydrogen-bond donors (Lipinski definition) is 0. The highest BCUT2D eigenvalue weighted by Crippen LogP contribution is 2.32. The van der Waals surface area contributed by atoms with Gasteiger partial charge in [0.1, 0.15) is 0 Å². The molecule has 1 aliphatic rings. The van der Waals surface area contributed by atoms with E-state index in [1.54, 1.807) is 0 Å². The minimum atomic E-state index is -0.618. The number of esters is 1. The number of aromatic nitrogens is 1. The third-order valence-electron chi connectivity index (χ3n) is 4.68. The topological polar surface area (TPSA) is 70.3 Å². The second kappa shape index (κ2) is 7.92. The zero-order chi connectivity index (χ0) is 17.6. The van der Waals surface area contributed by atoms with Crippen molar-refractivity contribution in [2.75, 3.05) is 6.61 Å². The molecule has 0 N–H and O–H groups in total. The zero-order valence-corrected chi connectivity index (χ0v) is 14.0. The number of pyridine rings is 1. The average molecular weight is 339 g/mol. The van der Waals surface area contributed by atoms with Crippen LogP contribution in [0.5, 0.6) is 0 Å². The summed E-state index contributed by atoms with van der Waals surface area (Å²) < 4.78 is 5.61. The van der Waals surface area contributed by atoms with Gasteiger partial charge in [0.25, 0.3) is 0 Å². The van der Waals surface area contributed by atoms with Gasteiger partial charge in [-0.25, -0.2) is 4.79 Å². The molecule has 0 amide bonds. The van der Waals surface area contributed by atoms with Crippen molar-refractivity contribution in [3.05, 3.63) is 70.7 Å². The van der Waals surface area contributed by atoms with Crippen molar-refractivity contribution >= 4 is 11.8 Å². The Morgan fingerprint density at radius 2 is 1.60 bits per heavy atom. The van der Waals surface area contributed by atoms with Crippen LogP contribution in [0.4, 0.5) is 0 Å². The summed E-state index contributed by atoms with van der Waals surface area (Å²) in [4.78, 5) is 24.1. The molecule has 1 aromatic heterocycles. The van der Waals surface area contributed by atoms with Crippen LogP contribution in [0.25, 0.3) is 0 Å². The summed E-state index contributed by atoms with van der Waals surface area (Å²) in [6.07, 6.45) is 8.70. The standard InChI is InChI=1S/C20H21NO4/c22-19(14-25-20(23)18-10-12-21(24)13-11-18)17-8-6-16(7-9-17)15-4-2-1-3-5-15/h6-13,15H,1-5,14H2. The van der Waals surface area contributed by atoms with Gasteiger partial charge in [0.05, 0.1) is 5.56 Å². The number of hydrogen-bond acceptors (Lipinski definition) is 4. The number of benzene rings is 1. The third-order valence-corrected chi connectivity index (χ3v) is 4.68. The molecule has 1 heterocycles. The first kappa shape index (κ1) is 17.1. The van der Waals surface area contributed by atoms with Crippen molar-refractivity contribution in [1.82, 2.24) is 0 Å². The maximum Gasteiger partial charge on any atom is 0.339 e. The first-order valence-corrected chi connectivity index (χ1v) is 8.62. The lowest BCUT2D eigenvalue weighted by Crippen LogP contribution is -2.24. The minimum absolute atomic E-state index is 0.238. The molecule has 0 unspecified atom stereocenters. The highest BCUT2D eigenvalue weighted by molar-refractivity contribution is 5.99. The highest BCUT2D eigenvalue weighted by atomic mass is 16.5. The van der Waals surface area contributed by atoms with E-state index in [0.29, 0.717) is 16.2 Å². The summed E-state index contributed by atoms with van der Waals surface area (Å²) in [6, 6.07) is 10.4. The maximum absolute atomic E-state index is 12.2. The van der Waals surface area contributed by atoms with E-state index in [2.05, 4.69) is 0 Å². The van der Waals surface area contributed by atoms with Gasteiger partial charge in [0.2, 0.25) is 0 Å². The van der Waals surface area contributed by atoms with Crippen LogP contribution in [0.2, 0.25) is 0 Å². The molecule has 3 rings (SSSR count). The van der Waals surface area contributed by atoms with Crippen LogP contribution in [-0.2, 0) is 4.74 Å². The number of nitrogens with zero attached hydrogens (tertiary/aromatic N) is 1. The Hall–Kier alpha value is -2.69. The molecule has 2 aromatic rings. The van der Waals surface area contributed by atoms with E-state index < -0.39 is 5.97 Å². The van der Waals surface area contributed by atoms with Gasteiger partial charge in [-0.1, -0.05) is 43.5 Å². The number of Topliss-reactive ketones (excluding diaryl/α,β-unsaturated/α-hetero) is 1. The number of carbonyl (C=O) groups is 2. The van der Waals surface area contributed by atoms with E-state index in [9.17, 15) is 14.8 Å². The number of ketones is 1. The molecule has 0 spiro atoms. The van der Waals surface area contributed by atoms with Gasteiger partial charge < -0.3 is 9.94 Å². The molecule has 5 heteroatoms. The number of ether oxygens (including phenoxy) is 1. The Morgan fingerprint density at radius 1 is 0.960 bits per heavy atom. The minimum Gasteiger partial charge on any atom is -0.619 e. The van der Waals surface area contributed by atoms with Crippen LogP contribution < -0.4 is 4.73 Å². The lowest BCUT2D eigenvalue weighted by Gasteiger charge is -2.22. The quantitative estimate of drug-likeness (QED) is 0.362. The molecular weight excluding hydrogens is 318 g/mol. The first-order chi connectivity index (χ1) is 12.1. The van der Waals surface area contributed by atoms with E-state index in [1.807, 2.05) is 24.3 Å². The van der Waals surface area contributed by atoms with Crippen LogP contribution >= 0.6 is 0 Å². The van der Waals surface area contributed by atoms with Crippen molar-refractivity contribution in [2.45, 2.75) is 38.0 Å². The fourth-order valence-corrected chi connectivity index (χ4v) is 3.22. The third kappa shape index (κ3) is 4.44. The number of carbonyl (C=O) groups excluding carboxylic acids is 2. The molecule has 5 nitrogen and oxygen atoms in total. The summed E-state index contributed by atoms with van der Waals surface area (Å²) in [5, 5.41) is 10.9. The summed E-state index contributed by atoms with van der Waals surface area (Å²) in [7, 11) is 0. The fourth-order valence-electron chi connectivity index (χ4n) is 3.22. The maximum atomic E-state index is 12.2. The SMILES string of the molecule is O=C(COC(=O)c1cc[n+]([O-])cc1)c1ccc(C2CCCCC2)cc1. The van der Waals surface area contributed by atoms with Gasteiger partial charge in [-0.2, -0.15) is 4.73 Å². The van der Waals surface area contributed by atoms with E-state index >= 15 is 0 Å². The molecule has 0 atom stereocenters. The summed E-state index contributed by atoms with van der Waals surface area (Å²) >= 11 is 0. The van der Waals surface area contributed by atoms with E-state index in [0.717, 1.165) is 0 Å². The molecule has 25 heavy (non-hydrogen) atoms. The average Bonchev–Trinajstić information content (AvgIpc) is 2.67. The van der Waals surface area contributed by atoms with Gasteiger partial charge in [-0.05, 0) is 24.3 Å². The van der Waals surface area contributed by atoms with Crippen LogP contribution in [-0.4, -0.2) is 18.4 Å². The predicted octanol–water partition coefficient (Wildman–Crippen LogP) is 3.41. The second-order valence-corrected chi connectivity index (χ2v) is 6.40. The molecule has 1 aliphatic carbocycles. The molecule has 0 bridgehead atoms. The summed E-state index contributed by atoms with van der Waals surface area (Å²) in [6.45, 7) is -0.312. The number of rotatable bonds is 5. The lowest BCUT2D eigenvalue weighted by atomic mass is 9.84. The fraction of sp³-hybridized carbons (Fsp3) is 0.350.